The van der Waals surface area contributed by atoms with Crippen LogP contribution in [-0.4, -0.2) is 45.9 Å². The number of piperidine rings is 1. The molecule has 0 bridgehead atoms. The fourth-order valence-electron chi connectivity index (χ4n) is 6.60. The van der Waals surface area contributed by atoms with Gasteiger partial charge >= 0.3 is 5.97 Å². The minimum Gasteiger partial charge on any atom is -0.478 e. The van der Waals surface area contributed by atoms with E-state index in [1.54, 1.807) is 12.1 Å². The van der Waals surface area contributed by atoms with E-state index < -0.39 is 5.97 Å². The van der Waals surface area contributed by atoms with Crippen molar-refractivity contribution in [2.45, 2.75) is 44.8 Å². The van der Waals surface area contributed by atoms with E-state index in [0.717, 1.165) is 59.9 Å². The van der Waals surface area contributed by atoms with Gasteiger partial charge in [0.05, 0.1) is 18.0 Å². The number of carboxylic acid groups (broad SMARTS) is 1. The van der Waals surface area contributed by atoms with Crippen LogP contribution in [0.5, 0.6) is 0 Å². The molecule has 0 aliphatic carbocycles. The molecular weight excluding hydrogens is 544 g/mol. The molecule has 5 nitrogen and oxygen atoms in total. The first-order chi connectivity index (χ1) is 21.5. The number of hydrogen-bond donors (Lipinski definition) is 1. The molecule has 0 saturated carbocycles. The zero-order valence-electron chi connectivity index (χ0n) is 25.1. The number of likely N-dealkylation sites (tertiary alicyclic amines) is 1. The quantitative estimate of drug-likeness (QED) is 0.191. The van der Waals surface area contributed by atoms with Crippen LogP contribution >= 0.6 is 0 Å². The van der Waals surface area contributed by atoms with Crippen molar-refractivity contribution in [3.8, 4) is 11.1 Å². The van der Waals surface area contributed by atoms with Crippen molar-refractivity contribution in [3.05, 3.63) is 144 Å². The number of benzene rings is 5. The molecule has 5 aromatic rings. The Morgan fingerprint density at radius 3 is 2.25 bits per heavy atom. The van der Waals surface area contributed by atoms with E-state index in [9.17, 15) is 14.7 Å². The van der Waals surface area contributed by atoms with Crippen molar-refractivity contribution in [1.29, 1.82) is 0 Å². The van der Waals surface area contributed by atoms with Crippen molar-refractivity contribution < 1.29 is 14.7 Å². The number of fused-ring (bicyclic) bond motifs is 1. The lowest BCUT2D eigenvalue weighted by molar-refractivity contribution is -0.136. The monoisotopic (exact) mass is 582 g/mol. The molecule has 5 heteroatoms. The van der Waals surface area contributed by atoms with Gasteiger partial charge < -0.3 is 10.0 Å². The lowest BCUT2D eigenvalue weighted by Gasteiger charge is -2.42. The molecule has 0 radical (unpaired) electrons. The Labute approximate surface area is 259 Å². The first-order valence-electron chi connectivity index (χ1n) is 15.4. The van der Waals surface area contributed by atoms with Gasteiger partial charge in [-0.05, 0) is 70.5 Å². The summed E-state index contributed by atoms with van der Waals surface area (Å²) in [5, 5.41) is 12.1. The number of amides is 1. The van der Waals surface area contributed by atoms with Gasteiger partial charge in [-0.2, -0.15) is 0 Å². The van der Waals surface area contributed by atoms with Crippen LogP contribution in [-0.2, 0) is 17.8 Å². The molecule has 5 aromatic carbocycles. The smallest absolute Gasteiger partial charge is 0.336 e. The Kier molecular flexibility index (Phi) is 8.85. The Morgan fingerprint density at radius 2 is 1.48 bits per heavy atom. The largest absolute Gasteiger partial charge is 0.478 e. The van der Waals surface area contributed by atoms with Crippen LogP contribution in [0.1, 0.15) is 52.9 Å². The number of carbonyl (C=O) groups is 2. The third-order valence-electron chi connectivity index (χ3n) is 8.91. The third kappa shape index (κ3) is 6.58. The average Bonchev–Trinajstić information content (AvgIpc) is 3.06. The maximum Gasteiger partial charge on any atom is 0.336 e. The topological polar surface area (TPSA) is 60.9 Å². The van der Waals surface area contributed by atoms with E-state index in [2.05, 4.69) is 77.4 Å². The van der Waals surface area contributed by atoms with E-state index in [0.29, 0.717) is 12.0 Å². The summed E-state index contributed by atoms with van der Waals surface area (Å²) >= 11 is 0. The van der Waals surface area contributed by atoms with Crippen molar-refractivity contribution in [2.24, 2.45) is 0 Å². The Morgan fingerprint density at radius 1 is 0.773 bits per heavy atom. The highest BCUT2D eigenvalue weighted by atomic mass is 16.4. The zero-order valence-corrected chi connectivity index (χ0v) is 25.1. The summed E-state index contributed by atoms with van der Waals surface area (Å²) < 4.78 is 0. The SMILES string of the molecule is CC(c1cccc(-c2ccccc2C(=O)O)c1)N(C(=O)Cc1ccc2ccccc2c1)C1CCN(Cc2ccccc2)CC1. The van der Waals surface area contributed by atoms with Gasteiger partial charge in [-0.1, -0.05) is 109 Å². The van der Waals surface area contributed by atoms with Crippen LogP contribution < -0.4 is 0 Å². The summed E-state index contributed by atoms with van der Waals surface area (Å²) in [5.74, 6) is -0.834. The number of carbonyl (C=O) groups excluding carboxylic acids is 1. The molecule has 1 fully saturated rings. The molecule has 222 valence electrons. The number of aromatic carboxylic acids is 1. The molecule has 44 heavy (non-hydrogen) atoms. The molecule has 1 saturated heterocycles. The van der Waals surface area contributed by atoms with Crippen LogP contribution in [0.25, 0.3) is 21.9 Å². The summed E-state index contributed by atoms with van der Waals surface area (Å²) in [6, 6.07) is 40.1. The van der Waals surface area contributed by atoms with Crippen LogP contribution in [0, 0.1) is 0 Å². The van der Waals surface area contributed by atoms with Gasteiger partial charge in [-0.25, -0.2) is 4.79 Å². The minimum atomic E-state index is -0.950. The molecule has 1 unspecified atom stereocenters. The molecule has 1 atom stereocenters. The summed E-state index contributed by atoms with van der Waals surface area (Å²) in [7, 11) is 0. The van der Waals surface area contributed by atoms with Crippen LogP contribution in [0.2, 0.25) is 0 Å². The number of rotatable bonds is 9. The fourth-order valence-corrected chi connectivity index (χ4v) is 6.60. The molecule has 1 aliphatic heterocycles. The Hall–Kier alpha value is -4.74. The van der Waals surface area contributed by atoms with E-state index in [-0.39, 0.29) is 23.6 Å². The number of nitrogens with zero attached hydrogens (tertiary/aromatic N) is 2. The highest BCUT2D eigenvalue weighted by Gasteiger charge is 2.32. The van der Waals surface area contributed by atoms with Gasteiger partial charge in [0.25, 0.3) is 0 Å². The second-order valence-corrected chi connectivity index (χ2v) is 11.8. The van der Waals surface area contributed by atoms with Crippen LogP contribution in [0.3, 0.4) is 0 Å². The first-order valence-corrected chi connectivity index (χ1v) is 15.4. The maximum absolute atomic E-state index is 14.3. The van der Waals surface area contributed by atoms with Gasteiger partial charge in [0, 0.05) is 25.7 Å². The van der Waals surface area contributed by atoms with Crippen molar-refractivity contribution >= 4 is 22.6 Å². The molecule has 1 heterocycles. The van der Waals surface area contributed by atoms with Crippen molar-refractivity contribution in [2.75, 3.05) is 13.1 Å². The Bertz CT molecular complexity index is 1760. The summed E-state index contributed by atoms with van der Waals surface area (Å²) in [5.41, 5.74) is 5.11. The molecule has 6 rings (SSSR count). The van der Waals surface area contributed by atoms with Gasteiger partial charge in [-0.3, -0.25) is 9.69 Å². The maximum atomic E-state index is 14.3. The summed E-state index contributed by atoms with van der Waals surface area (Å²) in [4.78, 5) is 30.8. The van der Waals surface area contributed by atoms with Gasteiger partial charge in [-0.15, -0.1) is 0 Å². The highest BCUT2D eigenvalue weighted by Crippen LogP contribution is 2.32. The number of hydrogen-bond acceptors (Lipinski definition) is 3. The molecule has 1 amide bonds. The standard InChI is InChI=1S/C39H38N2O3/c1-28(32-14-9-15-34(26-32)36-16-7-8-17-37(36)39(43)44)41(35-20-22-40(23-21-35)27-29-10-3-2-4-11-29)38(42)25-30-18-19-31-12-5-6-13-33(31)24-30/h2-19,24,26,28,35H,20-23,25,27H2,1H3,(H,43,44). The zero-order chi connectivity index (χ0) is 30.5. The minimum absolute atomic E-state index is 0.111. The van der Waals surface area contributed by atoms with Gasteiger partial charge in [0.15, 0.2) is 0 Å². The second-order valence-electron chi connectivity index (χ2n) is 11.8. The van der Waals surface area contributed by atoms with Crippen molar-refractivity contribution in [1.82, 2.24) is 9.80 Å². The second kappa shape index (κ2) is 13.3. The van der Waals surface area contributed by atoms with E-state index in [1.165, 1.54) is 5.56 Å². The fraction of sp³-hybridized carbons (Fsp3) is 0.231. The van der Waals surface area contributed by atoms with Gasteiger partial charge in [0.2, 0.25) is 5.91 Å². The van der Waals surface area contributed by atoms with Gasteiger partial charge in [0.1, 0.15) is 0 Å². The summed E-state index contributed by atoms with van der Waals surface area (Å²) in [6.07, 6.45) is 2.14. The number of carboxylic acids is 1. The van der Waals surface area contributed by atoms with Crippen molar-refractivity contribution in [3.63, 3.8) is 0 Å². The highest BCUT2D eigenvalue weighted by molar-refractivity contribution is 5.96. The molecule has 0 aromatic heterocycles. The van der Waals surface area contributed by atoms with E-state index in [4.69, 9.17) is 0 Å². The van der Waals surface area contributed by atoms with Crippen LogP contribution in [0.15, 0.2) is 121 Å². The Balaban J connectivity index is 1.27. The molecule has 0 spiro atoms. The van der Waals surface area contributed by atoms with Crippen LogP contribution in [0.4, 0.5) is 0 Å². The van der Waals surface area contributed by atoms with E-state index in [1.807, 2.05) is 48.5 Å². The normalized spacial score (nSPS) is 14.8. The average molecular weight is 583 g/mol. The third-order valence-corrected chi connectivity index (χ3v) is 8.91. The first kappa shape index (κ1) is 29.3. The molecule has 1 N–H and O–H groups in total. The molecule has 1 aliphatic rings. The predicted molar refractivity (Wildman–Crippen MR) is 176 cm³/mol. The van der Waals surface area contributed by atoms with E-state index >= 15 is 0 Å². The summed E-state index contributed by atoms with van der Waals surface area (Å²) in [6.45, 7) is 4.88. The lowest BCUT2D eigenvalue weighted by Crippen LogP contribution is -2.48. The lowest BCUT2D eigenvalue weighted by atomic mass is 9.93. The molecular formula is C39H38N2O3. The predicted octanol–water partition coefficient (Wildman–Crippen LogP) is 8.00.